The summed E-state index contributed by atoms with van der Waals surface area (Å²) in [6.45, 7) is 5.53. The highest BCUT2D eigenvalue weighted by Gasteiger charge is 2.21. The molecule has 1 saturated heterocycles. The lowest BCUT2D eigenvalue weighted by Gasteiger charge is -2.35. The fourth-order valence-corrected chi connectivity index (χ4v) is 2.77. The van der Waals surface area contributed by atoms with Crippen molar-refractivity contribution in [2.45, 2.75) is 6.92 Å². The fourth-order valence-electron chi connectivity index (χ4n) is 2.77. The normalized spacial score (nSPS) is 15.5. The molecule has 4 heterocycles. The molecule has 3 aromatic heterocycles. The van der Waals surface area contributed by atoms with Gasteiger partial charge in [-0.05, 0) is 13.0 Å². The summed E-state index contributed by atoms with van der Waals surface area (Å²) in [5.41, 5.74) is 1.90. The minimum atomic E-state index is 0.812. The zero-order chi connectivity index (χ0) is 14.9. The van der Waals surface area contributed by atoms with Crippen LogP contribution in [0.5, 0.6) is 0 Å². The van der Waals surface area contributed by atoms with Crippen molar-refractivity contribution in [3.8, 4) is 0 Å². The summed E-state index contributed by atoms with van der Waals surface area (Å²) >= 11 is 0. The van der Waals surface area contributed by atoms with Crippen molar-refractivity contribution in [3.05, 3.63) is 42.7 Å². The van der Waals surface area contributed by atoms with Crippen LogP contribution in [0.25, 0.3) is 5.65 Å². The van der Waals surface area contributed by atoms with Gasteiger partial charge in [0.2, 0.25) is 5.95 Å². The van der Waals surface area contributed by atoms with E-state index in [2.05, 4.69) is 29.7 Å². The van der Waals surface area contributed by atoms with E-state index in [0.29, 0.717) is 0 Å². The molecule has 7 heteroatoms. The van der Waals surface area contributed by atoms with E-state index in [1.807, 2.05) is 42.2 Å². The van der Waals surface area contributed by atoms with Crippen molar-refractivity contribution < 1.29 is 0 Å². The van der Waals surface area contributed by atoms with E-state index in [1.54, 1.807) is 6.20 Å². The van der Waals surface area contributed by atoms with Crippen molar-refractivity contribution >= 4 is 17.4 Å². The van der Waals surface area contributed by atoms with Crippen LogP contribution in [0, 0.1) is 6.92 Å². The molecule has 1 aliphatic rings. The topological polar surface area (TPSA) is 62.5 Å². The summed E-state index contributed by atoms with van der Waals surface area (Å²) < 4.78 is 2.00. The number of hydrogen-bond acceptors (Lipinski definition) is 6. The molecule has 0 aromatic carbocycles. The molecule has 0 unspecified atom stereocenters. The van der Waals surface area contributed by atoms with Gasteiger partial charge in [0.05, 0.1) is 0 Å². The fraction of sp³-hybridized carbons (Fsp3) is 0.333. The van der Waals surface area contributed by atoms with E-state index in [1.165, 1.54) is 0 Å². The Hall–Kier alpha value is -2.70. The second-order valence-corrected chi connectivity index (χ2v) is 5.38. The molecule has 0 spiro atoms. The predicted molar refractivity (Wildman–Crippen MR) is 84.2 cm³/mol. The quantitative estimate of drug-likeness (QED) is 0.707. The summed E-state index contributed by atoms with van der Waals surface area (Å²) in [5.74, 6) is 1.75. The van der Waals surface area contributed by atoms with Gasteiger partial charge in [0.25, 0.3) is 0 Å². The number of piperazine rings is 1. The van der Waals surface area contributed by atoms with Crippen molar-refractivity contribution in [1.82, 2.24) is 24.3 Å². The van der Waals surface area contributed by atoms with E-state index in [-0.39, 0.29) is 0 Å². The Kier molecular flexibility index (Phi) is 3.10. The molecular weight excluding hydrogens is 278 g/mol. The Labute approximate surface area is 128 Å². The molecule has 112 valence electrons. The molecule has 0 aliphatic carbocycles. The molecule has 22 heavy (non-hydrogen) atoms. The van der Waals surface area contributed by atoms with Gasteiger partial charge in [-0.15, -0.1) is 0 Å². The highest BCUT2D eigenvalue weighted by atomic mass is 15.3. The smallest absolute Gasteiger partial charge is 0.225 e. The Morgan fingerprint density at radius 3 is 2.36 bits per heavy atom. The highest BCUT2D eigenvalue weighted by Crippen LogP contribution is 2.20. The first kappa shape index (κ1) is 13.0. The van der Waals surface area contributed by atoms with Gasteiger partial charge in [-0.2, -0.15) is 0 Å². The molecule has 1 fully saturated rings. The van der Waals surface area contributed by atoms with Crippen LogP contribution in [0.3, 0.4) is 0 Å². The number of imidazole rings is 1. The molecule has 0 bridgehead atoms. The van der Waals surface area contributed by atoms with Crippen LogP contribution in [0.1, 0.15) is 5.69 Å². The van der Waals surface area contributed by atoms with Gasteiger partial charge in [0, 0.05) is 62.9 Å². The molecule has 0 radical (unpaired) electrons. The van der Waals surface area contributed by atoms with Gasteiger partial charge >= 0.3 is 0 Å². The van der Waals surface area contributed by atoms with Crippen LogP contribution < -0.4 is 9.80 Å². The molecule has 0 N–H and O–H groups in total. The van der Waals surface area contributed by atoms with Crippen molar-refractivity contribution in [2.75, 3.05) is 36.0 Å². The maximum absolute atomic E-state index is 4.51. The standard InChI is InChI=1S/C15H17N7/c1-12-2-3-18-15(19-12)22-10-8-21(9-11-22)14-13-16-4-6-20(13)7-5-17-14/h2-7H,8-11H2,1H3. The van der Waals surface area contributed by atoms with Gasteiger partial charge in [0.15, 0.2) is 11.5 Å². The molecule has 0 amide bonds. The molecule has 7 nitrogen and oxygen atoms in total. The molecule has 0 saturated carbocycles. The molecule has 4 rings (SSSR count). The number of nitrogens with zero attached hydrogens (tertiary/aromatic N) is 7. The lowest BCUT2D eigenvalue weighted by Crippen LogP contribution is -2.47. The molecule has 1 aliphatic heterocycles. The maximum Gasteiger partial charge on any atom is 0.225 e. The van der Waals surface area contributed by atoms with Crippen molar-refractivity contribution in [2.24, 2.45) is 0 Å². The van der Waals surface area contributed by atoms with Gasteiger partial charge < -0.3 is 14.2 Å². The second-order valence-electron chi connectivity index (χ2n) is 5.38. The number of hydrogen-bond donors (Lipinski definition) is 0. The minimum absolute atomic E-state index is 0.812. The Balaban J connectivity index is 1.53. The van der Waals surface area contributed by atoms with Crippen LogP contribution in [-0.2, 0) is 0 Å². The number of aryl methyl sites for hydroxylation is 1. The zero-order valence-corrected chi connectivity index (χ0v) is 12.4. The van der Waals surface area contributed by atoms with E-state index in [9.17, 15) is 0 Å². The average Bonchev–Trinajstić information content (AvgIpc) is 3.04. The Bertz CT molecular complexity index is 789. The highest BCUT2D eigenvalue weighted by molar-refractivity contribution is 5.64. The monoisotopic (exact) mass is 295 g/mol. The predicted octanol–water partition coefficient (Wildman–Crippen LogP) is 1.15. The Morgan fingerprint density at radius 1 is 0.864 bits per heavy atom. The average molecular weight is 295 g/mol. The summed E-state index contributed by atoms with van der Waals surface area (Å²) in [5, 5.41) is 0. The van der Waals surface area contributed by atoms with Gasteiger partial charge in [-0.3, -0.25) is 0 Å². The van der Waals surface area contributed by atoms with E-state index in [0.717, 1.165) is 49.3 Å². The Morgan fingerprint density at radius 2 is 1.59 bits per heavy atom. The van der Waals surface area contributed by atoms with Crippen LogP contribution in [-0.4, -0.2) is 50.5 Å². The van der Waals surface area contributed by atoms with Crippen molar-refractivity contribution in [3.63, 3.8) is 0 Å². The minimum Gasteiger partial charge on any atom is -0.350 e. The third-order valence-corrected chi connectivity index (χ3v) is 3.94. The summed E-state index contributed by atoms with van der Waals surface area (Å²) in [6, 6.07) is 1.92. The number of anilines is 2. The first-order valence-electron chi connectivity index (χ1n) is 7.38. The van der Waals surface area contributed by atoms with Crippen LogP contribution in [0.15, 0.2) is 37.1 Å². The maximum atomic E-state index is 4.51. The molecular formula is C15H17N7. The molecule has 3 aromatic rings. The molecule has 0 atom stereocenters. The van der Waals surface area contributed by atoms with Gasteiger partial charge in [-0.25, -0.2) is 19.9 Å². The SMILES string of the molecule is Cc1ccnc(N2CCN(c3nccn4ccnc34)CC2)n1. The third kappa shape index (κ3) is 2.24. The summed E-state index contributed by atoms with van der Waals surface area (Å²) in [7, 11) is 0. The number of aromatic nitrogens is 5. The van der Waals surface area contributed by atoms with E-state index < -0.39 is 0 Å². The van der Waals surface area contributed by atoms with Crippen LogP contribution in [0.2, 0.25) is 0 Å². The lowest BCUT2D eigenvalue weighted by atomic mass is 10.3. The number of fused-ring (bicyclic) bond motifs is 1. The first-order chi connectivity index (χ1) is 10.8. The zero-order valence-electron chi connectivity index (χ0n) is 12.4. The van der Waals surface area contributed by atoms with E-state index in [4.69, 9.17) is 0 Å². The third-order valence-electron chi connectivity index (χ3n) is 3.94. The van der Waals surface area contributed by atoms with Crippen LogP contribution in [0.4, 0.5) is 11.8 Å². The van der Waals surface area contributed by atoms with Gasteiger partial charge in [0.1, 0.15) is 0 Å². The largest absolute Gasteiger partial charge is 0.350 e. The summed E-state index contributed by atoms with van der Waals surface area (Å²) in [4.78, 5) is 22.3. The summed E-state index contributed by atoms with van der Waals surface area (Å²) in [6.07, 6.45) is 9.30. The first-order valence-corrected chi connectivity index (χ1v) is 7.38. The van der Waals surface area contributed by atoms with Crippen LogP contribution >= 0.6 is 0 Å². The van der Waals surface area contributed by atoms with Gasteiger partial charge in [-0.1, -0.05) is 0 Å². The van der Waals surface area contributed by atoms with Crippen molar-refractivity contribution in [1.29, 1.82) is 0 Å². The second kappa shape index (κ2) is 5.25. The van der Waals surface area contributed by atoms with E-state index >= 15 is 0 Å². The number of rotatable bonds is 2. The lowest BCUT2D eigenvalue weighted by molar-refractivity contribution is 0.634.